The molecule has 1 aliphatic rings. The fraction of sp³-hybridized carbons (Fsp3) is 1.00. The highest BCUT2D eigenvalue weighted by molar-refractivity contribution is 4.73. The third-order valence-corrected chi connectivity index (χ3v) is 2.08. The lowest BCUT2D eigenvalue weighted by Gasteiger charge is -2.24. The summed E-state index contributed by atoms with van der Waals surface area (Å²) >= 11 is 0. The van der Waals surface area contributed by atoms with Crippen molar-refractivity contribution in [3.05, 3.63) is 0 Å². The normalized spacial score (nSPS) is 34.2. The van der Waals surface area contributed by atoms with Crippen LogP contribution in [0.4, 0.5) is 0 Å². The topological polar surface area (TPSA) is 33.0 Å². The number of ether oxygens (including phenoxy) is 1. The van der Waals surface area contributed by atoms with E-state index < -0.39 is 0 Å². The van der Waals surface area contributed by atoms with E-state index in [-0.39, 0.29) is 6.04 Å². The van der Waals surface area contributed by atoms with Crippen LogP contribution >= 0.6 is 0 Å². The Morgan fingerprint density at radius 2 is 1.90 bits per heavy atom. The highest BCUT2D eigenvalue weighted by Crippen LogP contribution is 2.20. The first-order valence-electron chi connectivity index (χ1n) is 4.15. The van der Waals surface area contributed by atoms with Crippen molar-refractivity contribution in [2.75, 3.05) is 6.61 Å². The maximum Gasteiger partial charge on any atom is 0.0576 e. The van der Waals surface area contributed by atoms with E-state index >= 15 is 0 Å². The van der Waals surface area contributed by atoms with Crippen molar-refractivity contribution < 1.29 is 4.74 Å². The van der Waals surface area contributed by atoms with Gasteiger partial charge in [0.2, 0.25) is 0 Å². The summed E-state index contributed by atoms with van der Waals surface area (Å²) in [6.45, 7) is 2.86. The zero-order valence-corrected chi connectivity index (χ0v) is 6.60. The molecule has 1 aliphatic carbocycles. The smallest absolute Gasteiger partial charge is 0.0576 e. The molecule has 1 fully saturated rings. The Morgan fingerprint density at radius 1 is 1.30 bits per heavy atom. The quantitative estimate of drug-likeness (QED) is 0.576. The first-order chi connectivity index (χ1) is 4.83. The predicted molar refractivity (Wildman–Crippen MR) is 40.8 cm³/mol. The van der Waals surface area contributed by atoms with Crippen molar-refractivity contribution in [1.82, 2.24) is 5.73 Å². The van der Waals surface area contributed by atoms with Gasteiger partial charge in [-0.05, 0) is 32.6 Å². The fourth-order valence-corrected chi connectivity index (χ4v) is 1.47. The largest absolute Gasteiger partial charge is 0.379 e. The Bertz CT molecular complexity index is 87.3. The number of rotatable bonds is 2. The van der Waals surface area contributed by atoms with Crippen molar-refractivity contribution in [3.8, 4) is 0 Å². The molecular weight excluding hydrogens is 126 g/mol. The Balaban J connectivity index is 2.13. The molecule has 1 N–H and O–H groups in total. The van der Waals surface area contributed by atoms with Crippen LogP contribution in [0.15, 0.2) is 0 Å². The maximum atomic E-state index is 7.44. The van der Waals surface area contributed by atoms with Crippen LogP contribution in [0.1, 0.15) is 32.6 Å². The number of nitrogens with one attached hydrogen (secondary N) is 1. The lowest BCUT2D eigenvalue weighted by atomic mass is 9.94. The van der Waals surface area contributed by atoms with Gasteiger partial charge in [-0.25, -0.2) is 0 Å². The molecule has 0 amide bonds. The van der Waals surface area contributed by atoms with Crippen LogP contribution in [-0.4, -0.2) is 18.8 Å². The summed E-state index contributed by atoms with van der Waals surface area (Å²) in [5, 5.41) is 0. The van der Waals surface area contributed by atoms with Gasteiger partial charge in [-0.3, -0.25) is 5.73 Å². The molecule has 0 unspecified atom stereocenters. The van der Waals surface area contributed by atoms with Gasteiger partial charge >= 0.3 is 0 Å². The Kier molecular flexibility index (Phi) is 3.16. The van der Waals surface area contributed by atoms with Crippen molar-refractivity contribution in [2.45, 2.75) is 44.8 Å². The molecule has 0 atom stereocenters. The second kappa shape index (κ2) is 3.94. The Morgan fingerprint density at radius 3 is 2.40 bits per heavy atom. The molecule has 0 aromatic heterocycles. The van der Waals surface area contributed by atoms with E-state index in [0.29, 0.717) is 6.10 Å². The van der Waals surface area contributed by atoms with Crippen LogP contribution in [0, 0.1) is 0 Å². The summed E-state index contributed by atoms with van der Waals surface area (Å²) in [4.78, 5) is 0. The minimum absolute atomic E-state index is 0.191. The first kappa shape index (κ1) is 8.02. The van der Waals surface area contributed by atoms with Crippen LogP contribution in [0.2, 0.25) is 0 Å². The minimum atomic E-state index is 0.191. The van der Waals surface area contributed by atoms with Gasteiger partial charge in [-0.15, -0.1) is 0 Å². The minimum Gasteiger partial charge on any atom is -0.379 e. The van der Waals surface area contributed by atoms with Crippen molar-refractivity contribution in [1.29, 1.82) is 0 Å². The second-order valence-electron chi connectivity index (χ2n) is 2.93. The summed E-state index contributed by atoms with van der Waals surface area (Å²) in [5.74, 6) is 0. The lowest BCUT2D eigenvalue weighted by Crippen LogP contribution is -2.25. The van der Waals surface area contributed by atoms with E-state index in [2.05, 4.69) is 0 Å². The van der Waals surface area contributed by atoms with Crippen molar-refractivity contribution >= 4 is 0 Å². The molecule has 0 heterocycles. The summed E-state index contributed by atoms with van der Waals surface area (Å²) in [7, 11) is 0. The molecule has 0 aliphatic heterocycles. The van der Waals surface area contributed by atoms with Crippen LogP contribution in [0.5, 0.6) is 0 Å². The number of hydrogen-bond acceptors (Lipinski definition) is 1. The molecule has 2 heteroatoms. The molecule has 0 bridgehead atoms. The van der Waals surface area contributed by atoms with E-state index in [9.17, 15) is 0 Å². The van der Waals surface area contributed by atoms with Gasteiger partial charge in [0.25, 0.3) is 0 Å². The van der Waals surface area contributed by atoms with Gasteiger partial charge in [0, 0.05) is 12.6 Å². The highest BCUT2D eigenvalue weighted by atomic mass is 16.5. The molecule has 0 saturated heterocycles. The van der Waals surface area contributed by atoms with E-state index in [1.807, 2.05) is 6.92 Å². The monoisotopic (exact) mass is 142 g/mol. The third-order valence-electron chi connectivity index (χ3n) is 2.08. The average Bonchev–Trinajstić information content (AvgIpc) is 1.95. The number of hydrogen-bond donors (Lipinski definition) is 0. The molecular formula is C8H16NO. The van der Waals surface area contributed by atoms with E-state index in [1.165, 1.54) is 0 Å². The highest BCUT2D eigenvalue weighted by Gasteiger charge is 2.18. The molecule has 0 aromatic rings. The van der Waals surface area contributed by atoms with E-state index in [4.69, 9.17) is 10.5 Å². The molecule has 59 valence electrons. The Hall–Kier alpha value is -0.0800. The molecule has 2 nitrogen and oxygen atoms in total. The van der Waals surface area contributed by atoms with Crippen molar-refractivity contribution in [3.63, 3.8) is 0 Å². The first-order valence-corrected chi connectivity index (χ1v) is 4.15. The molecule has 1 saturated carbocycles. The van der Waals surface area contributed by atoms with Gasteiger partial charge in [0.15, 0.2) is 0 Å². The van der Waals surface area contributed by atoms with Gasteiger partial charge in [-0.2, -0.15) is 0 Å². The zero-order chi connectivity index (χ0) is 7.40. The molecule has 0 spiro atoms. The standard InChI is InChI=1S/C8H16NO/c1-2-10-8-5-3-7(9)4-6-8/h7-9H,2-6H2,1H3/t7-,8+. The van der Waals surface area contributed by atoms with Crippen LogP contribution < -0.4 is 5.73 Å². The molecule has 0 aromatic carbocycles. The molecule has 1 radical (unpaired) electrons. The summed E-state index contributed by atoms with van der Waals surface area (Å²) in [6.07, 6.45) is 4.73. The van der Waals surface area contributed by atoms with E-state index in [0.717, 1.165) is 32.3 Å². The SMILES string of the molecule is CCO[C@H]1CC[C@@H]([NH])CC1. The van der Waals surface area contributed by atoms with Gasteiger partial charge < -0.3 is 4.74 Å². The van der Waals surface area contributed by atoms with Gasteiger partial charge in [0.05, 0.1) is 6.10 Å². The summed E-state index contributed by atoms with van der Waals surface area (Å²) in [6, 6.07) is 0.191. The van der Waals surface area contributed by atoms with Gasteiger partial charge in [0.1, 0.15) is 0 Å². The molecule has 1 rings (SSSR count). The van der Waals surface area contributed by atoms with Crippen molar-refractivity contribution in [2.24, 2.45) is 0 Å². The maximum absolute atomic E-state index is 7.44. The zero-order valence-electron chi connectivity index (χ0n) is 6.60. The average molecular weight is 142 g/mol. The van der Waals surface area contributed by atoms with E-state index in [1.54, 1.807) is 0 Å². The predicted octanol–water partition coefficient (Wildman–Crippen LogP) is 1.62. The lowest BCUT2D eigenvalue weighted by molar-refractivity contribution is 0.0328. The fourth-order valence-electron chi connectivity index (χ4n) is 1.47. The summed E-state index contributed by atoms with van der Waals surface area (Å²) in [5.41, 5.74) is 7.44. The van der Waals surface area contributed by atoms with Crippen LogP contribution in [-0.2, 0) is 4.74 Å². The molecule has 10 heavy (non-hydrogen) atoms. The van der Waals surface area contributed by atoms with Crippen LogP contribution in [0.3, 0.4) is 0 Å². The Labute approximate surface area is 62.7 Å². The summed E-state index contributed by atoms with van der Waals surface area (Å²) < 4.78 is 5.45. The van der Waals surface area contributed by atoms with Crippen LogP contribution in [0.25, 0.3) is 0 Å². The van der Waals surface area contributed by atoms with Gasteiger partial charge in [-0.1, -0.05) is 0 Å². The second-order valence-corrected chi connectivity index (χ2v) is 2.93. The third kappa shape index (κ3) is 2.27.